The average Bonchev–Trinajstić information content (AvgIpc) is 2.71. The van der Waals surface area contributed by atoms with Crippen LogP contribution in [0, 0.1) is 18.6 Å². The van der Waals surface area contributed by atoms with Crippen LogP contribution in [0.2, 0.25) is 0 Å². The maximum atomic E-state index is 13.5. The monoisotopic (exact) mass is 425 g/mol. The highest BCUT2D eigenvalue weighted by molar-refractivity contribution is 5.70. The van der Waals surface area contributed by atoms with Crippen molar-refractivity contribution in [1.82, 2.24) is 4.98 Å². The van der Waals surface area contributed by atoms with Crippen LogP contribution in [0.1, 0.15) is 50.1 Å². The Balaban J connectivity index is 2.04. The molecule has 0 saturated heterocycles. The molecule has 0 aliphatic carbocycles. The lowest BCUT2D eigenvalue weighted by Crippen LogP contribution is -2.11. The number of aryl methyl sites for hydroxylation is 3. The third-order valence-electron chi connectivity index (χ3n) is 5.13. The first-order valence-corrected chi connectivity index (χ1v) is 10.7. The summed E-state index contributed by atoms with van der Waals surface area (Å²) in [5.41, 5.74) is 6.00. The second-order valence-electron chi connectivity index (χ2n) is 7.79. The minimum absolute atomic E-state index is 0.0490. The minimum Gasteiger partial charge on any atom is -0.490 e. The van der Waals surface area contributed by atoms with E-state index < -0.39 is 11.6 Å². The minimum atomic E-state index is -0.679. The molecular weight excluding hydrogens is 396 g/mol. The fraction of sp³-hybridized carbons (Fsp3) is 0.346. The smallest absolute Gasteiger partial charge is 0.130 e. The van der Waals surface area contributed by atoms with Crippen LogP contribution >= 0.6 is 0 Å². The molecule has 164 valence electrons. The first-order chi connectivity index (χ1) is 14.8. The lowest BCUT2D eigenvalue weighted by Gasteiger charge is -2.20. The summed E-state index contributed by atoms with van der Waals surface area (Å²) in [5.74, 6) is -0.562. The standard InChI is InChI=1S/C26H29F2NO2/c1-6-18-9-8-10-19(7-2)26(18)24-14-25(31-16(3)4)23(17(5)29-24)15-30-22-12-20(27)11-21(28)13-22/h8-14,16H,6-7,15H2,1-5H3. The number of pyridine rings is 1. The van der Waals surface area contributed by atoms with Crippen LogP contribution < -0.4 is 9.47 Å². The van der Waals surface area contributed by atoms with Gasteiger partial charge in [-0.1, -0.05) is 32.0 Å². The summed E-state index contributed by atoms with van der Waals surface area (Å²) in [7, 11) is 0. The van der Waals surface area contributed by atoms with E-state index in [1.165, 1.54) is 11.1 Å². The molecule has 3 nitrogen and oxygen atoms in total. The van der Waals surface area contributed by atoms with E-state index in [1.54, 1.807) is 0 Å². The zero-order chi connectivity index (χ0) is 22.5. The number of nitrogens with zero attached hydrogens (tertiary/aromatic N) is 1. The van der Waals surface area contributed by atoms with Gasteiger partial charge in [0.05, 0.1) is 17.4 Å². The van der Waals surface area contributed by atoms with E-state index in [9.17, 15) is 8.78 Å². The molecule has 0 fully saturated rings. The zero-order valence-corrected chi connectivity index (χ0v) is 18.8. The molecule has 0 aliphatic heterocycles. The number of rotatable bonds is 8. The number of hydrogen-bond donors (Lipinski definition) is 0. The fourth-order valence-corrected chi connectivity index (χ4v) is 3.67. The van der Waals surface area contributed by atoms with Gasteiger partial charge in [0.2, 0.25) is 0 Å². The van der Waals surface area contributed by atoms with E-state index in [0.29, 0.717) is 5.75 Å². The first-order valence-electron chi connectivity index (χ1n) is 10.7. The quantitative estimate of drug-likeness (QED) is 0.396. The summed E-state index contributed by atoms with van der Waals surface area (Å²) in [6.45, 7) is 10.2. The van der Waals surface area contributed by atoms with Gasteiger partial charge in [-0.2, -0.15) is 0 Å². The molecule has 0 N–H and O–H groups in total. The summed E-state index contributed by atoms with van der Waals surface area (Å²) in [4.78, 5) is 4.87. The Morgan fingerprint density at radius 1 is 0.935 bits per heavy atom. The van der Waals surface area contributed by atoms with Crippen molar-refractivity contribution in [3.63, 3.8) is 0 Å². The van der Waals surface area contributed by atoms with E-state index in [0.717, 1.165) is 53.6 Å². The molecule has 0 amide bonds. The Morgan fingerprint density at radius 2 is 1.55 bits per heavy atom. The number of halogens is 2. The average molecular weight is 426 g/mol. The van der Waals surface area contributed by atoms with E-state index in [2.05, 4.69) is 32.0 Å². The lowest BCUT2D eigenvalue weighted by atomic mass is 9.94. The summed E-state index contributed by atoms with van der Waals surface area (Å²) >= 11 is 0. The molecule has 3 aromatic rings. The molecule has 0 atom stereocenters. The number of benzene rings is 2. The van der Waals surface area contributed by atoms with Crippen molar-refractivity contribution in [3.05, 3.63) is 76.5 Å². The second-order valence-corrected chi connectivity index (χ2v) is 7.79. The lowest BCUT2D eigenvalue weighted by molar-refractivity contribution is 0.229. The zero-order valence-electron chi connectivity index (χ0n) is 18.8. The van der Waals surface area contributed by atoms with Gasteiger partial charge in [0.25, 0.3) is 0 Å². The van der Waals surface area contributed by atoms with Crippen molar-refractivity contribution < 1.29 is 18.3 Å². The Kier molecular flexibility index (Phi) is 7.26. The molecule has 1 heterocycles. The first kappa shape index (κ1) is 22.7. The maximum absolute atomic E-state index is 13.5. The van der Waals surface area contributed by atoms with Crippen LogP contribution in [0.15, 0.2) is 42.5 Å². The Labute approximate surface area is 183 Å². The maximum Gasteiger partial charge on any atom is 0.130 e. The summed E-state index contributed by atoms with van der Waals surface area (Å²) in [6.07, 6.45) is 1.76. The van der Waals surface area contributed by atoms with Crippen LogP contribution in [0.5, 0.6) is 11.5 Å². The molecule has 5 heteroatoms. The second kappa shape index (κ2) is 9.90. The van der Waals surface area contributed by atoms with Crippen LogP contribution in [-0.4, -0.2) is 11.1 Å². The summed E-state index contributed by atoms with van der Waals surface area (Å²) in [5, 5.41) is 0. The van der Waals surface area contributed by atoms with Crippen molar-refractivity contribution in [3.8, 4) is 22.8 Å². The third-order valence-corrected chi connectivity index (χ3v) is 5.13. The molecule has 0 radical (unpaired) electrons. The number of aromatic nitrogens is 1. The Hall–Kier alpha value is -2.95. The highest BCUT2D eigenvalue weighted by Crippen LogP contribution is 2.34. The molecule has 3 rings (SSSR count). The number of hydrogen-bond acceptors (Lipinski definition) is 3. The van der Waals surface area contributed by atoms with Crippen LogP contribution in [0.25, 0.3) is 11.3 Å². The predicted octanol–water partition coefficient (Wildman–Crippen LogP) is 6.83. The van der Waals surface area contributed by atoms with Crippen LogP contribution in [-0.2, 0) is 19.4 Å². The Morgan fingerprint density at radius 3 is 2.10 bits per heavy atom. The van der Waals surface area contributed by atoms with Gasteiger partial charge < -0.3 is 9.47 Å². The van der Waals surface area contributed by atoms with Gasteiger partial charge in [-0.05, 0) is 44.7 Å². The van der Waals surface area contributed by atoms with E-state index in [4.69, 9.17) is 14.5 Å². The molecule has 0 aliphatic rings. The molecule has 2 aromatic carbocycles. The topological polar surface area (TPSA) is 31.4 Å². The van der Waals surface area contributed by atoms with Gasteiger partial charge >= 0.3 is 0 Å². The largest absolute Gasteiger partial charge is 0.490 e. The SMILES string of the molecule is CCc1cccc(CC)c1-c1cc(OC(C)C)c(COc2cc(F)cc(F)c2)c(C)n1. The van der Waals surface area contributed by atoms with E-state index in [1.807, 2.05) is 26.8 Å². The molecular formula is C26H29F2NO2. The van der Waals surface area contributed by atoms with Crippen LogP contribution in [0.4, 0.5) is 8.78 Å². The van der Waals surface area contributed by atoms with Gasteiger partial charge in [-0.25, -0.2) is 8.78 Å². The van der Waals surface area contributed by atoms with Crippen LogP contribution in [0.3, 0.4) is 0 Å². The van der Waals surface area contributed by atoms with Gasteiger partial charge in [0.15, 0.2) is 0 Å². The molecule has 31 heavy (non-hydrogen) atoms. The van der Waals surface area contributed by atoms with Crippen molar-refractivity contribution >= 4 is 0 Å². The third kappa shape index (κ3) is 5.40. The van der Waals surface area contributed by atoms with Crippen molar-refractivity contribution in [2.75, 3.05) is 0 Å². The molecule has 0 saturated carbocycles. The van der Waals surface area contributed by atoms with E-state index >= 15 is 0 Å². The summed E-state index contributed by atoms with van der Waals surface area (Å²) in [6, 6.07) is 11.4. The molecule has 1 aromatic heterocycles. The molecule has 0 spiro atoms. The fourth-order valence-electron chi connectivity index (χ4n) is 3.67. The van der Waals surface area contributed by atoms with E-state index in [-0.39, 0.29) is 18.5 Å². The van der Waals surface area contributed by atoms with Crippen molar-refractivity contribution in [1.29, 1.82) is 0 Å². The van der Waals surface area contributed by atoms with Crippen molar-refractivity contribution in [2.24, 2.45) is 0 Å². The van der Waals surface area contributed by atoms with Gasteiger partial charge in [-0.15, -0.1) is 0 Å². The van der Waals surface area contributed by atoms with Crippen molar-refractivity contribution in [2.45, 2.75) is 60.2 Å². The predicted molar refractivity (Wildman–Crippen MR) is 120 cm³/mol. The Bertz CT molecular complexity index is 1020. The summed E-state index contributed by atoms with van der Waals surface area (Å²) < 4.78 is 38.8. The highest BCUT2D eigenvalue weighted by atomic mass is 19.1. The van der Waals surface area contributed by atoms with Gasteiger partial charge in [0.1, 0.15) is 29.7 Å². The van der Waals surface area contributed by atoms with Gasteiger partial charge in [-0.3, -0.25) is 4.98 Å². The molecule has 0 unspecified atom stereocenters. The number of ether oxygens (including phenoxy) is 2. The molecule has 0 bridgehead atoms. The highest BCUT2D eigenvalue weighted by Gasteiger charge is 2.18. The van der Waals surface area contributed by atoms with Gasteiger partial charge in [0, 0.05) is 35.5 Å². The normalized spacial score (nSPS) is 11.1.